The maximum atomic E-state index is 14.0. The Morgan fingerprint density at radius 3 is 2.40 bits per heavy atom. The highest BCUT2D eigenvalue weighted by atomic mass is 35.5. The largest absolute Gasteiger partial charge is 0.477 e. The number of aromatic nitrogens is 5. The number of aromatic amines is 1. The van der Waals surface area contributed by atoms with Crippen molar-refractivity contribution in [2.45, 2.75) is 12.5 Å². The lowest BCUT2D eigenvalue weighted by Gasteiger charge is -2.38. The molecule has 0 radical (unpaired) electrons. The van der Waals surface area contributed by atoms with Gasteiger partial charge in [0.25, 0.3) is 0 Å². The third kappa shape index (κ3) is 6.98. The molecule has 4 N–H and O–H groups in total. The van der Waals surface area contributed by atoms with Gasteiger partial charge in [0.15, 0.2) is 0 Å². The summed E-state index contributed by atoms with van der Waals surface area (Å²) >= 11 is 6.27. The van der Waals surface area contributed by atoms with Crippen LogP contribution in [0.2, 0.25) is 5.02 Å². The highest BCUT2D eigenvalue weighted by Gasteiger charge is 2.40. The van der Waals surface area contributed by atoms with E-state index in [0.29, 0.717) is 38.6 Å². The van der Waals surface area contributed by atoms with E-state index < -0.39 is 39.9 Å². The lowest BCUT2D eigenvalue weighted by Crippen LogP contribution is -2.60. The zero-order valence-corrected chi connectivity index (χ0v) is 28.0. The van der Waals surface area contributed by atoms with E-state index in [4.69, 9.17) is 11.6 Å². The van der Waals surface area contributed by atoms with E-state index in [1.54, 1.807) is 42.5 Å². The van der Waals surface area contributed by atoms with Crippen LogP contribution >= 0.6 is 11.6 Å². The number of piperazine rings is 1. The van der Waals surface area contributed by atoms with Gasteiger partial charge in [0.2, 0.25) is 5.91 Å². The fourth-order valence-electron chi connectivity index (χ4n) is 5.42. The molecular formula is C31H29ClN10O7S. The first kappa shape index (κ1) is 34.0. The van der Waals surface area contributed by atoms with Crippen LogP contribution in [0.1, 0.15) is 16.1 Å². The second-order valence-corrected chi connectivity index (χ2v) is 13.7. The predicted octanol–water partition coefficient (Wildman–Crippen LogP) is 2.14. The van der Waals surface area contributed by atoms with E-state index in [0.717, 1.165) is 4.31 Å². The number of H-pyrrole nitrogens is 1. The number of carbonyl (C=O) groups is 4. The quantitative estimate of drug-likeness (QED) is 0.146. The van der Waals surface area contributed by atoms with Crippen molar-refractivity contribution >= 4 is 73.5 Å². The van der Waals surface area contributed by atoms with Crippen molar-refractivity contribution in [3.8, 4) is 5.69 Å². The number of fused-ring (bicyclic) bond motifs is 1. The van der Waals surface area contributed by atoms with Crippen LogP contribution in [0, 0.1) is 0 Å². The molecule has 0 saturated carbocycles. The Bertz CT molecular complexity index is 2220. The van der Waals surface area contributed by atoms with Crippen LogP contribution in [0.3, 0.4) is 0 Å². The minimum atomic E-state index is -3.76. The minimum absolute atomic E-state index is 0.00233. The van der Waals surface area contributed by atoms with Crippen molar-refractivity contribution in [3.63, 3.8) is 0 Å². The summed E-state index contributed by atoms with van der Waals surface area (Å²) in [5, 5.41) is 24.2. The van der Waals surface area contributed by atoms with Crippen LogP contribution in [0.15, 0.2) is 73.1 Å². The highest BCUT2D eigenvalue weighted by Crippen LogP contribution is 2.30. The molecule has 3 heterocycles. The molecule has 5 aromatic rings. The van der Waals surface area contributed by atoms with E-state index in [2.05, 4.69) is 30.5 Å². The van der Waals surface area contributed by atoms with Gasteiger partial charge >= 0.3 is 28.0 Å². The van der Waals surface area contributed by atoms with Gasteiger partial charge in [0, 0.05) is 60.9 Å². The van der Waals surface area contributed by atoms with E-state index >= 15 is 0 Å². The third-order valence-corrected chi connectivity index (χ3v) is 9.68. The molecule has 0 aliphatic carbocycles. The van der Waals surface area contributed by atoms with Crippen molar-refractivity contribution in [1.29, 1.82) is 0 Å². The molecule has 3 aromatic carbocycles. The van der Waals surface area contributed by atoms with Gasteiger partial charge in [-0.05, 0) is 70.6 Å². The third-order valence-electron chi connectivity index (χ3n) is 7.99. The second kappa shape index (κ2) is 13.6. The molecule has 0 bridgehead atoms. The van der Waals surface area contributed by atoms with Crippen LogP contribution in [0.4, 0.5) is 17.1 Å². The molecule has 50 heavy (non-hydrogen) atoms. The number of tetrazole rings is 1. The van der Waals surface area contributed by atoms with Crippen molar-refractivity contribution in [2.24, 2.45) is 0 Å². The van der Waals surface area contributed by atoms with Crippen molar-refractivity contribution in [1.82, 2.24) is 34.4 Å². The number of anilines is 3. The van der Waals surface area contributed by atoms with Crippen molar-refractivity contribution in [3.05, 3.63) is 89.3 Å². The van der Waals surface area contributed by atoms with Crippen LogP contribution in [0.5, 0.6) is 0 Å². The van der Waals surface area contributed by atoms with Gasteiger partial charge < -0.3 is 25.2 Å². The molecule has 258 valence electrons. The molecule has 19 heteroatoms. The molecule has 1 aliphatic heterocycles. The monoisotopic (exact) mass is 720 g/mol. The van der Waals surface area contributed by atoms with Gasteiger partial charge in [-0.15, -0.1) is 5.10 Å². The smallest absolute Gasteiger partial charge is 0.352 e. The summed E-state index contributed by atoms with van der Waals surface area (Å²) in [5.74, 6) is -3.60. The number of carboxylic acids is 1. The molecule has 3 amide bonds. The molecule has 6 rings (SSSR count). The normalized spacial score (nSPS) is 14.3. The Balaban J connectivity index is 1.29. The Labute approximate surface area is 289 Å². The number of amides is 3. The molecule has 2 aromatic heterocycles. The van der Waals surface area contributed by atoms with Crippen LogP contribution in [0.25, 0.3) is 16.6 Å². The van der Waals surface area contributed by atoms with Gasteiger partial charge in [-0.2, -0.15) is 17.4 Å². The Kier molecular flexibility index (Phi) is 9.24. The van der Waals surface area contributed by atoms with Gasteiger partial charge in [-0.3, -0.25) is 19.1 Å². The summed E-state index contributed by atoms with van der Waals surface area (Å²) in [7, 11) is -0.995. The fraction of sp³-hybridized carbons (Fsp3) is 0.194. The standard InChI is InChI=1S/C31H29ClN10O7S/c1-39(2)50(48,49)36-21-6-3-18(4-7-21)13-27(28(43)34-22-8-9-23-19(14-22)15-24(35-23)31(46)47)41-12-11-40(29(44)30(41)45)26-16-20(32)5-10-25(26)42-17-33-37-38-42/h3-10,14-17,27,35-36H,11-13H2,1-2H3,(H,34,43)(H,46,47)/t27-/m0/s1. The van der Waals surface area contributed by atoms with E-state index in [1.165, 1.54) is 59.2 Å². The maximum absolute atomic E-state index is 14.0. The molecular weight excluding hydrogens is 692 g/mol. The van der Waals surface area contributed by atoms with Gasteiger partial charge in [0.05, 0.1) is 11.4 Å². The summed E-state index contributed by atoms with van der Waals surface area (Å²) in [4.78, 5) is 58.2. The molecule has 17 nitrogen and oxygen atoms in total. The number of hydrogen-bond donors (Lipinski definition) is 4. The number of carboxylic acid groups (broad SMARTS) is 1. The molecule has 0 unspecified atom stereocenters. The van der Waals surface area contributed by atoms with E-state index in [1.807, 2.05) is 0 Å². The summed E-state index contributed by atoms with van der Waals surface area (Å²) in [6.45, 7) is -0.0356. The molecule has 1 saturated heterocycles. The number of carbonyl (C=O) groups excluding carboxylic acids is 3. The van der Waals surface area contributed by atoms with Gasteiger partial charge in [-0.25, -0.2) is 4.79 Å². The Hall–Kier alpha value is -5.85. The van der Waals surface area contributed by atoms with Gasteiger partial charge in [-0.1, -0.05) is 23.7 Å². The summed E-state index contributed by atoms with van der Waals surface area (Å²) in [6.07, 6.45) is 1.30. The zero-order chi connectivity index (χ0) is 35.7. The first-order valence-electron chi connectivity index (χ1n) is 14.9. The second-order valence-electron chi connectivity index (χ2n) is 11.4. The van der Waals surface area contributed by atoms with Crippen molar-refractivity contribution in [2.75, 3.05) is 42.1 Å². The number of nitrogens with one attached hydrogen (secondary N) is 3. The average Bonchev–Trinajstić information content (AvgIpc) is 3.76. The van der Waals surface area contributed by atoms with Crippen molar-refractivity contribution < 1.29 is 32.7 Å². The lowest BCUT2D eigenvalue weighted by atomic mass is 10.0. The number of benzene rings is 3. The summed E-state index contributed by atoms with van der Waals surface area (Å²) in [5.41, 5.74) is 2.40. The molecule has 1 aliphatic rings. The molecule has 1 atom stereocenters. The first-order chi connectivity index (χ1) is 23.8. The topological polar surface area (TPSA) is 216 Å². The fourth-order valence-corrected chi connectivity index (χ4v) is 6.21. The van der Waals surface area contributed by atoms with E-state index in [9.17, 15) is 32.7 Å². The van der Waals surface area contributed by atoms with E-state index in [-0.39, 0.29) is 30.9 Å². The first-order valence-corrected chi connectivity index (χ1v) is 16.7. The van der Waals surface area contributed by atoms with Gasteiger partial charge in [0.1, 0.15) is 18.1 Å². The average molecular weight is 721 g/mol. The summed E-state index contributed by atoms with van der Waals surface area (Å²) in [6, 6.07) is 16.0. The number of aromatic carboxylic acids is 1. The highest BCUT2D eigenvalue weighted by molar-refractivity contribution is 7.90. The molecule has 0 spiro atoms. The maximum Gasteiger partial charge on any atom is 0.352 e. The SMILES string of the molecule is CN(C)S(=O)(=O)Nc1ccc(C[C@@H](C(=O)Nc2ccc3[nH]c(C(=O)O)cc3c2)N2CCN(c3cc(Cl)ccc3-n3cnnn3)C(=O)C2=O)cc1. The van der Waals surface area contributed by atoms with Crippen LogP contribution < -0.4 is 14.9 Å². The number of rotatable bonds is 11. The molecule has 1 fully saturated rings. The summed E-state index contributed by atoms with van der Waals surface area (Å²) < 4.78 is 29.3. The Morgan fingerprint density at radius 1 is 0.980 bits per heavy atom. The van der Waals surface area contributed by atoms with Crippen LogP contribution in [-0.4, -0.2) is 105 Å². The van der Waals surface area contributed by atoms with Crippen LogP contribution in [-0.2, 0) is 31.0 Å². The number of nitrogens with zero attached hydrogens (tertiary/aromatic N) is 7. The zero-order valence-electron chi connectivity index (χ0n) is 26.4. The predicted molar refractivity (Wildman–Crippen MR) is 182 cm³/mol. The lowest BCUT2D eigenvalue weighted by molar-refractivity contribution is -0.149. The number of halogens is 1. The number of hydrogen-bond acceptors (Lipinski definition) is 9. The minimum Gasteiger partial charge on any atom is -0.477 e. The Morgan fingerprint density at radius 2 is 1.72 bits per heavy atom.